The Bertz CT molecular complexity index is 437. The normalized spacial score (nSPS) is 20.4. The van der Waals surface area contributed by atoms with Crippen LogP contribution in [0.2, 0.25) is 0 Å². The molecule has 3 heteroatoms. The van der Waals surface area contributed by atoms with Gasteiger partial charge < -0.3 is 10.1 Å². The molecule has 0 radical (unpaired) electrons. The zero-order chi connectivity index (χ0) is 15.3. The molecule has 1 aliphatic carbocycles. The van der Waals surface area contributed by atoms with Gasteiger partial charge in [-0.05, 0) is 43.7 Å². The predicted molar refractivity (Wildman–Crippen MR) is 84.8 cm³/mol. The fourth-order valence-electron chi connectivity index (χ4n) is 2.98. The zero-order valence-electron chi connectivity index (χ0n) is 13.5. The van der Waals surface area contributed by atoms with Crippen LogP contribution in [0.25, 0.3) is 0 Å². The minimum absolute atomic E-state index is 0.170. The van der Waals surface area contributed by atoms with Gasteiger partial charge in [-0.25, -0.2) is 4.39 Å². The minimum Gasteiger partial charge on any atom is -0.369 e. The van der Waals surface area contributed by atoms with Crippen LogP contribution in [0.3, 0.4) is 0 Å². The third kappa shape index (κ3) is 4.79. The van der Waals surface area contributed by atoms with Gasteiger partial charge in [0.15, 0.2) is 0 Å². The topological polar surface area (TPSA) is 21.3 Å². The van der Waals surface area contributed by atoms with Gasteiger partial charge in [0, 0.05) is 12.1 Å². The zero-order valence-corrected chi connectivity index (χ0v) is 13.5. The Labute approximate surface area is 128 Å². The molecule has 1 unspecified atom stereocenters. The largest absolute Gasteiger partial charge is 0.369 e. The molecular weight excluding hydrogens is 265 g/mol. The number of hydrogen-bond acceptors (Lipinski definition) is 2. The van der Waals surface area contributed by atoms with Crippen LogP contribution in [0.1, 0.15) is 58.1 Å². The summed E-state index contributed by atoms with van der Waals surface area (Å²) in [6.45, 7) is 8.22. The third-order valence-electron chi connectivity index (χ3n) is 4.47. The van der Waals surface area contributed by atoms with Gasteiger partial charge in [0.25, 0.3) is 0 Å². The molecule has 1 aromatic rings. The van der Waals surface area contributed by atoms with Gasteiger partial charge in [-0.15, -0.1) is 0 Å². The van der Waals surface area contributed by atoms with Gasteiger partial charge in [-0.3, -0.25) is 0 Å². The van der Waals surface area contributed by atoms with Crippen LogP contribution in [-0.4, -0.2) is 19.2 Å². The van der Waals surface area contributed by atoms with Gasteiger partial charge in [0.2, 0.25) is 0 Å². The molecule has 0 aromatic heterocycles. The molecule has 0 bridgehead atoms. The van der Waals surface area contributed by atoms with Crippen LogP contribution in [0, 0.1) is 11.2 Å². The first kappa shape index (κ1) is 16.4. The summed E-state index contributed by atoms with van der Waals surface area (Å²) in [6, 6.07) is 6.96. The van der Waals surface area contributed by atoms with Crippen molar-refractivity contribution in [1.82, 2.24) is 5.32 Å². The van der Waals surface area contributed by atoms with Crippen LogP contribution in [-0.2, 0) is 4.74 Å². The first-order valence-corrected chi connectivity index (χ1v) is 8.12. The Hall–Kier alpha value is -0.930. The lowest BCUT2D eigenvalue weighted by molar-refractivity contribution is -0.0471. The van der Waals surface area contributed by atoms with Crippen molar-refractivity contribution in [2.24, 2.45) is 5.41 Å². The Kier molecular flexibility index (Phi) is 5.77. The summed E-state index contributed by atoms with van der Waals surface area (Å²) in [4.78, 5) is 0. The van der Waals surface area contributed by atoms with Crippen molar-refractivity contribution in [2.45, 2.75) is 58.7 Å². The van der Waals surface area contributed by atoms with Gasteiger partial charge >= 0.3 is 0 Å². The summed E-state index contributed by atoms with van der Waals surface area (Å²) in [5.41, 5.74) is 1.10. The molecule has 0 saturated heterocycles. The van der Waals surface area contributed by atoms with E-state index < -0.39 is 0 Å². The number of ether oxygens (including phenoxy) is 1. The van der Waals surface area contributed by atoms with Gasteiger partial charge in [-0.1, -0.05) is 39.0 Å². The fraction of sp³-hybridized carbons (Fsp3) is 0.667. The maximum absolute atomic E-state index is 14.0. The fourth-order valence-corrected chi connectivity index (χ4v) is 2.98. The van der Waals surface area contributed by atoms with Gasteiger partial charge in [-0.2, -0.15) is 0 Å². The number of nitrogens with one attached hydrogen (secondary N) is 1. The Morgan fingerprint density at radius 1 is 1.29 bits per heavy atom. The first-order chi connectivity index (χ1) is 10.0. The van der Waals surface area contributed by atoms with Crippen LogP contribution in [0.4, 0.5) is 4.39 Å². The summed E-state index contributed by atoms with van der Waals surface area (Å²) in [6.07, 6.45) is 4.57. The highest BCUT2D eigenvalue weighted by Gasteiger charge is 2.29. The quantitative estimate of drug-likeness (QED) is 0.836. The highest BCUT2D eigenvalue weighted by molar-refractivity contribution is 5.20. The van der Waals surface area contributed by atoms with Gasteiger partial charge in [0.05, 0.1) is 12.2 Å². The third-order valence-corrected chi connectivity index (χ3v) is 4.47. The van der Waals surface area contributed by atoms with Gasteiger partial charge in [0.1, 0.15) is 5.82 Å². The Morgan fingerprint density at radius 3 is 2.57 bits per heavy atom. The lowest BCUT2D eigenvalue weighted by Crippen LogP contribution is -2.31. The number of benzene rings is 1. The van der Waals surface area contributed by atoms with Crippen molar-refractivity contribution in [3.05, 3.63) is 35.6 Å². The van der Waals surface area contributed by atoms with E-state index in [1.165, 1.54) is 18.9 Å². The maximum atomic E-state index is 14.0. The Balaban J connectivity index is 2.02. The van der Waals surface area contributed by atoms with E-state index in [0.717, 1.165) is 19.4 Å². The molecule has 1 N–H and O–H groups in total. The molecule has 2 rings (SSSR count). The number of likely N-dealkylation sites (N-methyl/N-ethyl adjacent to an activating group) is 1. The number of rotatable bonds is 6. The molecule has 2 nitrogen and oxygen atoms in total. The van der Waals surface area contributed by atoms with Crippen molar-refractivity contribution >= 4 is 0 Å². The predicted octanol–water partition coefficient (Wildman–Crippen LogP) is 4.46. The molecule has 1 atom stereocenters. The Morgan fingerprint density at radius 2 is 1.95 bits per heavy atom. The number of halogens is 1. The second kappa shape index (κ2) is 7.37. The highest BCUT2D eigenvalue weighted by atomic mass is 19.1. The molecule has 1 aromatic carbocycles. The molecule has 1 saturated carbocycles. The minimum atomic E-state index is -0.197. The molecule has 0 spiro atoms. The summed E-state index contributed by atoms with van der Waals surface area (Å²) in [5.74, 6) is -0.170. The van der Waals surface area contributed by atoms with Crippen LogP contribution in [0.15, 0.2) is 24.3 Å². The highest BCUT2D eigenvalue weighted by Crippen LogP contribution is 2.37. The smallest absolute Gasteiger partial charge is 0.129 e. The number of hydrogen-bond donors (Lipinski definition) is 1. The van der Waals surface area contributed by atoms with Crippen molar-refractivity contribution < 1.29 is 9.13 Å². The van der Waals surface area contributed by atoms with E-state index in [1.54, 1.807) is 6.07 Å². The SMILES string of the molecule is CCNCC(OC1CCC(C)(C)CC1)c1ccccc1F. The second-order valence-electron chi connectivity index (χ2n) is 6.82. The molecule has 21 heavy (non-hydrogen) atoms. The van der Waals surface area contributed by atoms with E-state index in [1.807, 2.05) is 12.1 Å². The van der Waals surface area contributed by atoms with E-state index in [4.69, 9.17) is 4.74 Å². The summed E-state index contributed by atoms with van der Waals surface area (Å²) in [7, 11) is 0. The van der Waals surface area contributed by atoms with Crippen LogP contribution >= 0.6 is 0 Å². The van der Waals surface area contributed by atoms with Crippen molar-refractivity contribution in [3.63, 3.8) is 0 Å². The average molecular weight is 293 g/mol. The van der Waals surface area contributed by atoms with Crippen LogP contribution in [0.5, 0.6) is 0 Å². The molecular formula is C18H28FNO. The van der Waals surface area contributed by atoms with E-state index in [0.29, 0.717) is 17.5 Å². The first-order valence-electron chi connectivity index (χ1n) is 8.12. The second-order valence-corrected chi connectivity index (χ2v) is 6.82. The molecule has 1 fully saturated rings. The van der Waals surface area contributed by atoms with E-state index >= 15 is 0 Å². The summed E-state index contributed by atoms with van der Waals surface area (Å²) < 4.78 is 20.3. The van der Waals surface area contributed by atoms with Crippen molar-refractivity contribution in [3.8, 4) is 0 Å². The summed E-state index contributed by atoms with van der Waals surface area (Å²) >= 11 is 0. The van der Waals surface area contributed by atoms with E-state index in [-0.39, 0.29) is 18.0 Å². The molecule has 0 aliphatic heterocycles. The monoisotopic (exact) mass is 293 g/mol. The van der Waals surface area contributed by atoms with Crippen LogP contribution < -0.4 is 5.32 Å². The lowest BCUT2D eigenvalue weighted by Gasteiger charge is -2.36. The molecule has 0 amide bonds. The molecule has 0 heterocycles. The average Bonchev–Trinajstić information content (AvgIpc) is 2.46. The van der Waals surface area contributed by atoms with Crippen molar-refractivity contribution in [1.29, 1.82) is 0 Å². The van der Waals surface area contributed by atoms with E-state index in [9.17, 15) is 4.39 Å². The lowest BCUT2D eigenvalue weighted by atomic mass is 9.76. The van der Waals surface area contributed by atoms with Crippen molar-refractivity contribution in [2.75, 3.05) is 13.1 Å². The standard InChI is InChI=1S/C18H28FNO/c1-4-20-13-17(15-7-5-6-8-16(15)19)21-14-9-11-18(2,3)12-10-14/h5-8,14,17,20H,4,9-13H2,1-3H3. The summed E-state index contributed by atoms with van der Waals surface area (Å²) in [5, 5.41) is 3.29. The van der Waals surface area contributed by atoms with E-state index in [2.05, 4.69) is 26.1 Å². The maximum Gasteiger partial charge on any atom is 0.129 e. The molecule has 118 valence electrons. The molecule has 1 aliphatic rings.